The van der Waals surface area contributed by atoms with Crippen LogP contribution < -0.4 is 10.2 Å². The molecular weight excluding hydrogens is 288 g/mol. The number of anilines is 2. The largest absolute Gasteiger partial charge is 0.372 e. The highest BCUT2D eigenvalue weighted by Gasteiger charge is 2.17. The molecule has 1 fully saturated rings. The third-order valence-electron chi connectivity index (χ3n) is 4.58. The van der Waals surface area contributed by atoms with E-state index in [0.717, 1.165) is 30.2 Å². The number of rotatable bonds is 3. The summed E-state index contributed by atoms with van der Waals surface area (Å²) in [6, 6.07) is 8.12. The molecule has 0 radical (unpaired) electrons. The lowest BCUT2D eigenvalue weighted by Crippen LogP contribution is -2.29. The average Bonchev–Trinajstić information content (AvgIpc) is 2.81. The van der Waals surface area contributed by atoms with Crippen LogP contribution in [0.15, 0.2) is 24.3 Å². The Hall–Kier alpha value is -2.30. The van der Waals surface area contributed by atoms with Gasteiger partial charge in [-0.2, -0.15) is 5.10 Å². The molecule has 0 aliphatic carbocycles. The van der Waals surface area contributed by atoms with Crippen molar-refractivity contribution in [3.63, 3.8) is 0 Å². The predicted molar refractivity (Wildman–Crippen MR) is 93.1 cm³/mol. The first-order valence-electron chi connectivity index (χ1n) is 8.23. The molecule has 5 heteroatoms. The number of carbonyl (C=O) groups excluding carboxylic acids is 1. The van der Waals surface area contributed by atoms with E-state index in [-0.39, 0.29) is 5.91 Å². The van der Waals surface area contributed by atoms with Gasteiger partial charge >= 0.3 is 0 Å². The lowest BCUT2D eigenvalue weighted by atomic mass is 10.1. The highest BCUT2D eigenvalue weighted by atomic mass is 16.1. The molecule has 23 heavy (non-hydrogen) atoms. The van der Waals surface area contributed by atoms with Crippen LogP contribution in [0.1, 0.15) is 41.0 Å². The van der Waals surface area contributed by atoms with E-state index in [1.54, 1.807) is 4.68 Å². The summed E-state index contributed by atoms with van der Waals surface area (Å²) in [5, 5.41) is 7.27. The summed E-state index contributed by atoms with van der Waals surface area (Å²) in [6.07, 6.45) is 3.85. The quantitative estimate of drug-likeness (QED) is 0.946. The molecule has 1 amide bonds. The molecule has 0 bridgehead atoms. The van der Waals surface area contributed by atoms with Gasteiger partial charge in [0.25, 0.3) is 5.91 Å². The van der Waals surface area contributed by atoms with Gasteiger partial charge in [-0.3, -0.25) is 9.48 Å². The Morgan fingerprint density at radius 3 is 2.30 bits per heavy atom. The Morgan fingerprint density at radius 1 is 1.09 bits per heavy atom. The molecule has 1 N–H and O–H groups in total. The monoisotopic (exact) mass is 312 g/mol. The van der Waals surface area contributed by atoms with Crippen LogP contribution in [0, 0.1) is 13.8 Å². The Morgan fingerprint density at radius 2 is 1.74 bits per heavy atom. The summed E-state index contributed by atoms with van der Waals surface area (Å²) in [7, 11) is 1.85. The number of aromatic nitrogens is 2. The predicted octanol–water partition coefficient (Wildman–Crippen LogP) is 3.28. The third-order valence-corrected chi connectivity index (χ3v) is 4.58. The van der Waals surface area contributed by atoms with E-state index in [4.69, 9.17) is 0 Å². The maximum atomic E-state index is 12.5. The zero-order valence-corrected chi connectivity index (χ0v) is 14.1. The fraction of sp³-hybridized carbons (Fsp3) is 0.444. The van der Waals surface area contributed by atoms with Crippen LogP contribution in [0.2, 0.25) is 0 Å². The highest BCUT2D eigenvalue weighted by Crippen LogP contribution is 2.22. The minimum atomic E-state index is -0.0983. The van der Waals surface area contributed by atoms with Gasteiger partial charge in [-0.1, -0.05) is 0 Å². The van der Waals surface area contributed by atoms with Gasteiger partial charge in [0, 0.05) is 37.2 Å². The summed E-state index contributed by atoms with van der Waals surface area (Å²) in [5.74, 6) is -0.0983. The number of nitrogens with one attached hydrogen (secondary N) is 1. The first-order chi connectivity index (χ1) is 11.1. The Bertz CT molecular complexity index is 697. The first-order valence-corrected chi connectivity index (χ1v) is 8.23. The smallest absolute Gasteiger partial charge is 0.259 e. The SMILES string of the molecule is Cc1nn(C)c(C)c1C(=O)Nc1ccc(N2CCCCC2)cc1. The van der Waals surface area contributed by atoms with E-state index in [1.165, 1.54) is 24.9 Å². The normalized spacial score (nSPS) is 14.8. The Labute approximate surface area is 137 Å². The van der Waals surface area contributed by atoms with E-state index >= 15 is 0 Å². The van der Waals surface area contributed by atoms with Gasteiger partial charge in [-0.15, -0.1) is 0 Å². The van der Waals surface area contributed by atoms with Crippen molar-refractivity contribution in [2.24, 2.45) is 7.05 Å². The van der Waals surface area contributed by atoms with Gasteiger partial charge in [-0.25, -0.2) is 0 Å². The molecule has 1 aromatic heterocycles. The van der Waals surface area contributed by atoms with E-state index in [2.05, 4.69) is 27.4 Å². The van der Waals surface area contributed by atoms with Crippen LogP contribution in [-0.2, 0) is 7.05 Å². The molecule has 0 unspecified atom stereocenters. The van der Waals surface area contributed by atoms with Crippen LogP contribution >= 0.6 is 0 Å². The van der Waals surface area contributed by atoms with E-state index in [9.17, 15) is 4.79 Å². The maximum absolute atomic E-state index is 12.5. The summed E-state index contributed by atoms with van der Waals surface area (Å²) >= 11 is 0. The maximum Gasteiger partial charge on any atom is 0.259 e. The van der Waals surface area contributed by atoms with Crippen molar-refractivity contribution in [3.8, 4) is 0 Å². The highest BCUT2D eigenvalue weighted by molar-refractivity contribution is 6.05. The first kappa shape index (κ1) is 15.6. The fourth-order valence-corrected chi connectivity index (χ4v) is 3.20. The zero-order chi connectivity index (χ0) is 16.4. The number of benzene rings is 1. The van der Waals surface area contributed by atoms with Crippen molar-refractivity contribution >= 4 is 17.3 Å². The molecule has 1 aromatic carbocycles. The number of nitrogens with zero attached hydrogens (tertiary/aromatic N) is 3. The number of piperidine rings is 1. The van der Waals surface area contributed by atoms with Crippen LogP contribution in [-0.4, -0.2) is 28.8 Å². The second-order valence-corrected chi connectivity index (χ2v) is 6.22. The molecule has 5 nitrogen and oxygen atoms in total. The number of aryl methyl sites for hydroxylation is 2. The Kier molecular flexibility index (Phi) is 4.37. The van der Waals surface area contributed by atoms with Crippen LogP contribution in [0.4, 0.5) is 11.4 Å². The van der Waals surface area contributed by atoms with Gasteiger partial charge in [0.2, 0.25) is 0 Å². The third kappa shape index (κ3) is 3.23. The molecule has 122 valence electrons. The molecule has 1 aliphatic rings. The second kappa shape index (κ2) is 6.44. The van der Waals surface area contributed by atoms with Crippen LogP contribution in [0.3, 0.4) is 0 Å². The van der Waals surface area contributed by atoms with Crippen molar-refractivity contribution in [1.82, 2.24) is 9.78 Å². The van der Waals surface area contributed by atoms with Crippen molar-refractivity contribution < 1.29 is 4.79 Å². The van der Waals surface area contributed by atoms with E-state index in [0.29, 0.717) is 5.56 Å². The zero-order valence-electron chi connectivity index (χ0n) is 14.1. The molecule has 3 rings (SSSR count). The van der Waals surface area contributed by atoms with Crippen molar-refractivity contribution in [2.75, 3.05) is 23.3 Å². The number of hydrogen-bond acceptors (Lipinski definition) is 3. The standard InChI is InChI=1S/C18H24N4O/c1-13-17(14(2)21(3)20-13)18(23)19-15-7-9-16(10-8-15)22-11-5-4-6-12-22/h7-10H,4-6,11-12H2,1-3H3,(H,19,23). The number of hydrogen-bond donors (Lipinski definition) is 1. The molecule has 2 aromatic rings. The molecule has 0 spiro atoms. The lowest BCUT2D eigenvalue weighted by molar-refractivity contribution is 0.102. The topological polar surface area (TPSA) is 50.2 Å². The summed E-state index contributed by atoms with van der Waals surface area (Å²) in [6.45, 7) is 6.02. The summed E-state index contributed by atoms with van der Waals surface area (Å²) in [4.78, 5) is 14.9. The number of amides is 1. The van der Waals surface area contributed by atoms with Crippen molar-refractivity contribution in [2.45, 2.75) is 33.1 Å². The van der Waals surface area contributed by atoms with Gasteiger partial charge in [-0.05, 0) is 57.4 Å². The molecule has 0 saturated carbocycles. The second-order valence-electron chi connectivity index (χ2n) is 6.22. The van der Waals surface area contributed by atoms with Crippen LogP contribution in [0.5, 0.6) is 0 Å². The molecule has 1 saturated heterocycles. The fourth-order valence-electron chi connectivity index (χ4n) is 3.20. The minimum Gasteiger partial charge on any atom is -0.372 e. The van der Waals surface area contributed by atoms with Gasteiger partial charge in [0.15, 0.2) is 0 Å². The van der Waals surface area contributed by atoms with Gasteiger partial charge < -0.3 is 10.2 Å². The van der Waals surface area contributed by atoms with Crippen molar-refractivity contribution in [3.05, 3.63) is 41.2 Å². The summed E-state index contributed by atoms with van der Waals surface area (Å²) in [5.41, 5.74) is 4.35. The van der Waals surface area contributed by atoms with E-state index in [1.807, 2.05) is 33.0 Å². The summed E-state index contributed by atoms with van der Waals surface area (Å²) < 4.78 is 1.74. The number of carbonyl (C=O) groups is 1. The lowest BCUT2D eigenvalue weighted by Gasteiger charge is -2.28. The van der Waals surface area contributed by atoms with Crippen molar-refractivity contribution in [1.29, 1.82) is 0 Å². The van der Waals surface area contributed by atoms with Gasteiger partial charge in [0.1, 0.15) is 0 Å². The minimum absolute atomic E-state index is 0.0983. The average molecular weight is 312 g/mol. The molecule has 0 atom stereocenters. The molecule has 2 heterocycles. The van der Waals surface area contributed by atoms with Crippen LogP contribution in [0.25, 0.3) is 0 Å². The van der Waals surface area contributed by atoms with Gasteiger partial charge in [0.05, 0.1) is 11.3 Å². The Balaban J connectivity index is 1.71. The molecular formula is C18H24N4O. The van der Waals surface area contributed by atoms with E-state index < -0.39 is 0 Å². The molecule has 1 aliphatic heterocycles.